The number of nitrogens with zero attached hydrogens (tertiary/aromatic N) is 1. The molecular weight excluding hydrogens is 350 g/mol. The van der Waals surface area contributed by atoms with Crippen molar-refractivity contribution in [3.05, 3.63) is 63.7 Å². The van der Waals surface area contributed by atoms with Crippen LogP contribution in [0, 0.1) is 0 Å². The van der Waals surface area contributed by atoms with Crippen LogP contribution in [0.3, 0.4) is 0 Å². The van der Waals surface area contributed by atoms with Gasteiger partial charge in [-0.1, -0.05) is 23.7 Å². The number of benzene rings is 2. The van der Waals surface area contributed by atoms with Crippen molar-refractivity contribution in [3.63, 3.8) is 0 Å². The molecule has 2 aliphatic rings. The van der Waals surface area contributed by atoms with Crippen molar-refractivity contribution >= 4 is 29.0 Å². The Hall–Kier alpha value is -2.17. The lowest BCUT2D eigenvalue weighted by molar-refractivity contribution is -0.135. The van der Waals surface area contributed by atoms with Crippen molar-refractivity contribution in [1.29, 1.82) is 0 Å². The number of amides is 1. The number of Topliss-reactive ketones (excluding diaryl/α,β-unsaturated/α-hetero) is 1. The Balaban J connectivity index is 1.67. The Kier molecular flexibility index (Phi) is 4.13. The number of fused-ring (bicyclic) bond motifs is 2. The first-order chi connectivity index (χ1) is 12.4. The minimum Gasteiger partial charge on any atom is -0.375 e. The minimum absolute atomic E-state index is 0.240. The zero-order valence-electron chi connectivity index (χ0n) is 14.6. The van der Waals surface area contributed by atoms with E-state index in [-0.39, 0.29) is 12.2 Å². The summed E-state index contributed by atoms with van der Waals surface area (Å²) in [6, 6.07) is 10.6. The molecule has 4 rings (SSSR count). The van der Waals surface area contributed by atoms with Crippen LogP contribution >= 0.6 is 11.6 Å². The number of anilines is 1. The van der Waals surface area contributed by atoms with Gasteiger partial charge >= 0.3 is 0 Å². The van der Waals surface area contributed by atoms with Crippen LogP contribution in [0.25, 0.3) is 0 Å². The molecule has 1 heterocycles. The fourth-order valence-electron chi connectivity index (χ4n) is 4.05. The number of ketones is 1. The number of aliphatic hydroxyl groups is 1. The number of hydrogen-bond donors (Lipinski definition) is 1. The number of aryl methyl sites for hydroxylation is 2. The van der Waals surface area contributed by atoms with E-state index < -0.39 is 11.5 Å². The lowest BCUT2D eigenvalue weighted by Gasteiger charge is -2.22. The van der Waals surface area contributed by atoms with Gasteiger partial charge in [0.25, 0.3) is 5.91 Å². The molecule has 0 spiro atoms. The van der Waals surface area contributed by atoms with Crippen LogP contribution in [0.4, 0.5) is 5.69 Å². The molecule has 4 nitrogen and oxygen atoms in total. The highest BCUT2D eigenvalue weighted by Gasteiger charge is 2.49. The molecule has 2 aromatic rings. The predicted octanol–water partition coefficient (Wildman–Crippen LogP) is 3.66. The molecule has 0 aromatic heterocycles. The molecular formula is C21H20ClNO3. The first kappa shape index (κ1) is 17.3. The van der Waals surface area contributed by atoms with Gasteiger partial charge in [0, 0.05) is 23.2 Å². The molecule has 26 heavy (non-hydrogen) atoms. The largest absolute Gasteiger partial charge is 0.375 e. The summed E-state index contributed by atoms with van der Waals surface area (Å²) in [4.78, 5) is 26.9. The third-order valence-electron chi connectivity index (χ3n) is 5.51. The van der Waals surface area contributed by atoms with E-state index in [1.54, 1.807) is 31.3 Å². The normalized spacial score (nSPS) is 21.5. The molecule has 2 aromatic carbocycles. The SMILES string of the molecule is CN1C(=O)C(O)(CC(=O)c2ccc3c(c2)CCCC3)c2cc(Cl)ccc21. The van der Waals surface area contributed by atoms with E-state index >= 15 is 0 Å². The van der Waals surface area contributed by atoms with Gasteiger partial charge in [-0.2, -0.15) is 0 Å². The molecule has 0 fully saturated rings. The Bertz CT molecular complexity index is 923. The number of carbonyl (C=O) groups is 2. The van der Waals surface area contributed by atoms with Gasteiger partial charge in [-0.25, -0.2) is 0 Å². The molecule has 0 radical (unpaired) electrons. The zero-order chi connectivity index (χ0) is 18.5. The van der Waals surface area contributed by atoms with Gasteiger partial charge in [0.15, 0.2) is 11.4 Å². The molecule has 5 heteroatoms. The van der Waals surface area contributed by atoms with Gasteiger partial charge in [-0.15, -0.1) is 0 Å². The molecule has 0 saturated carbocycles. The van der Waals surface area contributed by atoms with E-state index in [9.17, 15) is 14.7 Å². The van der Waals surface area contributed by atoms with Gasteiger partial charge in [0.05, 0.1) is 12.1 Å². The summed E-state index contributed by atoms with van der Waals surface area (Å²) in [6.07, 6.45) is 4.04. The smallest absolute Gasteiger partial charge is 0.263 e. The molecule has 1 unspecified atom stereocenters. The molecule has 134 valence electrons. The summed E-state index contributed by atoms with van der Waals surface area (Å²) in [5.74, 6) is -0.739. The average Bonchev–Trinajstić information content (AvgIpc) is 2.82. The number of rotatable bonds is 3. The first-order valence-corrected chi connectivity index (χ1v) is 9.23. The fraction of sp³-hybridized carbons (Fsp3) is 0.333. The second kappa shape index (κ2) is 6.22. The maximum absolute atomic E-state index is 12.9. The van der Waals surface area contributed by atoms with Crippen LogP contribution in [0.1, 0.15) is 46.3 Å². The van der Waals surface area contributed by atoms with E-state index in [0.717, 1.165) is 19.3 Å². The van der Waals surface area contributed by atoms with Gasteiger partial charge in [-0.3, -0.25) is 9.59 Å². The molecule has 0 saturated heterocycles. The van der Waals surface area contributed by atoms with Crippen molar-refractivity contribution in [3.8, 4) is 0 Å². The van der Waals surface area contributed by atoms with E-state index in [1.165, 1.54) is 22.4 Å². The van der Waals surface area contributed by atoms with Gasteiger partial charge in [0.2, 0.25) is 0 Å². The summed E-state index contributed by atoms with van der Waals surface area (Å²) in [7, 11) is 1.59. The minimum atomic E-state index is -1.87. The van der Waals surface area contributed by atoms with Crippen molar-refractivity contribution in [2.24, 2.45) is 0 Å². The average molecular weight is 370 g/mol. The standard InChI is InChI=1S/C21H20ClNO3/c1-23-18-9-8-16(22)11-17(18)21(26,20(23)25)12-19(24)15-7-6-13-4-2-3-5-14(13)10-15/h6-11,26H,2-5,12H2,1H3. The third-order valence-corrected chi connectivity index (χ3v) is 5.75. The Labute approximate surface area is 157 Å². The lowest BCUT2D eigenvalue weighted by Crippen LogP contribution is -2.40. The Morgan fingerprint density at radius 2 is 1.88 bits per heavy atom. The molecule has 0 bridgehead atoms. The quantitative estimate of drug-likeness (QED) is 0.840. The number of halogens is 1. The molecule has 1 atom stereocenters. The fourth-order valence-corrected chi connectivity index (χ4v) is 4.22. The summed E-state index contributed by atoms with van der Waals surface area (Å²) >= 11 is 6.05. The maximum Gasteiger partial charge on any atom is 0.263 e. The van der Waals surface area contributed by atoms with Crippen LogP contribution in [-0.2, 0) is 23.2 Å². The summed E-state index contributed by atoms with van der Waals surface area (Å²) < 4.78 is 0. The highest BCUT2D eigenvalue weighted by atomic mass is 35.5. The molecule has 1 aliphatic carbocycles. The third kappa shape index (κ3) is 2.65. The Morgan fingerprint density at radius 3 is 2.65 bits per heavy atom. The monoisotopic (exact) mass is 369 g/mol. The van der Waals surface area contributed by atoms with Gasteiger partial charge in [-0.05, 0) is 61.1 Å². The Morgan fingerprint density at radius 1 is 1.15 bits per heavy atom. The molecule has 1 amide bonds. The number of likely N-dealkylation sites (N-methyl/N-ethyl adjacent to an activating group) is 1. The molecule has 1 N–H and O–H groups in total. The molecule has 1 aliphatic heterocycles. The summed E-state index contributed by atoms with van der Waals surface area (Å²) in [6.45, 7) is 0. The van der Waals surface area contributed by atoms with E-state index in [0.29, 0.717) is 21.8 Å². The van der Waals surface area contributed by atoms with E-state index in [4.69, 9.17) is 11.6 Å². The van der Waals surface area contributed by atoms with Crippen LogP contribution in [0.2, 0.25) is 5.02 Å². The van der Waals surface area contributed by atoms with Crippen LogP contribution in [0.15, 0.2) is 36.4 Å². The second-order valence-electron chi connectivity index (χ2n) is 7.18. The lowest BCUT2D eigenvalue weighted by atomic mass is 9.85. The number of hydrogen-bond acceptors (Lipinski definition) is 3. The van der Waals surface area contributed by atoms with Gasteiger partial charge < -0.3 is 10.0 Å². The van der Waals surface area contributed by atoms with E-state index in [2.05, 4.69) is 0 Å². The van der Waals surface area contributed by atoms with Crippen molar-refractivity contribution < 1.29 is 14.7 Å². The maximum atomic E-state index is 12.9. The van der Waals surface area contributed by atoms with Crippen LogP contribution in [-0.4, -0.2) is 23.8 Å². The van der Waals surface area contributed by atoms with Crippen molar-refractivity contribution in [1.82, 2.24) is 0 Å². The highest BCUT2D eigenvalue weighted by Crippen LogP contribution is 2.43. The second-order valence-corrected chi connectivity index (χ2v) is 7.61. The number of carbonyl (C=O) groups excluding carboxylic acids is 2. The summed E-state index contributed by atoms with van der Waals surface area (Å²) in [5.41, 5.74) is 2.14. The van der Waals surface area contributed by atoms with Crippen LogP contribution < -0.4 is 4.90 Å². The van der Waals surface area contributed by atoms with Crippen LogP contribution in [0.5, 0.6) is 0 Å². The van der Waals surface area contributed by atoms with Crippen molar-refractivity contribution in [2.75, 3.05) is 11.9 Å². The van der Waals surface area contributed by atoms with Gasteiger partial charge in [0.1, 0.15) is 0 Å². The summed E-state index contributed by atoms with van der Waals surface area (Å²) in [5, 5.41) is 11.5. The van der Waals surface area contributed by atoms with Crippen molar-refractivity contribution in [2.45, 2.75) is 37.7 Å². The predicted molar refractivity (Wildman–Crippen MR) is 101 cm³/mol. The van der Waals surface area contributed by atoms with E-state index in [1.807, 2.05) is 12.1 Å². The highest BCUT2D eigenvalue weighted by molar-refractivity contribution is 6.31. The zero-order valence-corrected chi connectivity index (χ0v) is 15.3. The topological polar surface area (TPSA) is 57.6 Å². The first-order valence-electron chi connectivity index (χ1n) is 8.86.